The molecule has 1 aromatic rings. The quantitative estimate of drug-likeness (QED) is 0.757. The number of hydrogen-bond donors (Lipinski definition) is 0. The van der Waals surface area contributed by atoms with Crippen LogP contribution < -0.4 is 0 Å². The van der Waals surface area contributed by atoms with E-state index in [1.165, 1.54) is 11.3 Å². The summed E-state index contributed by atoms with van der Waals surface area (Å²) in [6, 6.07) is 8.40. The number of rotatable bonds is 1. The topological polar surface area (TPSA) is 15.6 Å². The molecule has 3 rings (SSSR count). The zero-order valence-corrected chi connectivity index (χ0v) is 12.5. The van der Waals surface area contributed by atoms with Crippen molar-refractivity contribution in [3.8, 4) is 0 Å². The van der Waals surface area contributed by atoms with E-state index in [-0.39, 0.29) is 17.0 Å². The number of nitrogens with zero attached hydrogens (tertiary/aromatic N) is 2. The minimum atomic E-state index is 0. The Morgan fingerprint density at radius 2 is 2.25 bits per heavy atom. The van der Waals surface area contributed by atoms with E-state index >= 15 is 0 Å². The Morgan fingerprint density at radius 3 is 3.06 bits per heavy atom. The van der Waals surface area contributed by atoms with Gasteiger partial charge in [-0.05, 0) is 17.7 Å². The average Bonchev–Trinajstić information content (AvgIpc) is 2.77. The SMILES string of the molecule is Br.Brc1cccc(C2=CSC3=NCCN23)c1. The van der Waals surface area contributed by atoms with Gasteiger partial charge in [-0.15, -0.1) is 17.0 Å². The molecule has 0 atom stereocenters. The lowest BCUT2D eigenvalue weighted by molar-refractivity contribution is 0.650. The minimum absolute atomic E-state index is 0. The van der Waals surface area contributed by atoms with Crippen molar-refractivity contribution in [1.29, 1.82) is 0 Å². The second-order valence-electron chi connectivity index (χ2n) is 3.45. The van der Waals surface area contributed by atoms with Crippen LogP contribution in [0.2, 0.25) is 0 Å². The van der Waals surface area contributed by atoms with Gasteiger partial charge in [0.25, 0.3) is 0 Å². The first-order chi connectivity index (χ1) is 7.34. The number of amidine groups is 1. The molecule has 0 aromatic heterocycles. The lowest BCUT2D eigenvalue weighted by Gasteiger charge is -2.16. The molecule has 2 nitrogen and oxygen atoms in total. The molecule has 0 aliphatic carbocycles. The summed E-state index contributed by atoms with van der Waals surface area (Å²) in [6.07, 6.45) is 0. The minimum Gasteiger partial charge on any atom is -0.318 e. The van der Waals surface area contributed by atoms with Crippen LogP contribution in [-0.4, -0.2) is 23.2 Å². The first kappa shape index (κ1) is 12.2. The molecule has 0 amide bonds. The van der Waals surface area contributed by atoms with E-state index in [1.54, 1.807) is 11.8 Å². The van der Waals surface area contributed by atoms with Crippen LogP contribution >= 0.6 is 44.7 Å². The van der Waals surface area contributed by atoms with Gasteiger partial charge in [0.05, 0.1) is 12.2 Å². The Kier molecular flexibility index (Phi) is 3.77. The molecule has 2 heterocycles. The van der Waals surface area contributed by atoms with Crippen molar-refractivity contribution in [3.05, 3.63) is 39.7 Å². The van der Waals surface area contributed by atoms with E-state index in [4.69, 9.17) is 0 Å². The third-order valence-electron chi connectivity index (χ3n) is 2.49. The molecule has 0 bridgehead atoms. The lowest BCUT2D eigenvalue weighted by atomic mass is 10.1. The summed E-state index contributed by atoms with van der Waals surface area (Å²) in [5, 5.41) is 3.32. The molecule has 2 aliphatic rings. The summed E-state index contributed by atoms with van der Waals surface area (Å²) < 4.78 is 1.12. The molecule has 0 N–H and O–H groups in total. The maximum atomic E-state index is 4.44. The van der Waals surface area contributed by atoms with E-state index < -0.39 is 0 Å². The van der Waals surface area contributed by atoms with Crippen molar-refractivity contribution in [2.75, 3.05) is 13.1 Å². The fourth-order valence-electron chi connectivity index (χ4n) is 1.79. The number of halogens is 2. The Hall–Kier alpha value is -0.260. The van der Waals surface area contributed by atoms with Gasteiger partial charge in [-0.1, -0.05) is 39.8 Å². The highest BCUT2D eigenvalue weighted by atomic mass is 79.9. The third kappa shape index (κ3) is 2.08. The van der Waals surface area contributed by atoms with E-state index in [2.05, 4.69) is 49.4 Å². The highest BCUT2D eigenvalue weighted by Crippen LogP contribution is 2.35. The smallest absolute Gasteiger partial charge is 0.168 e. The molecule has 16 heavy (non-hydrogen) atoms. The van der Waals surface area contributed by atoms with Gasteiger partial charge in [0.15, 0.2) is 5.17 Å². The van der Waals surface area contributed by atoms with Crippen LogP contribution in [0.1, 0.15) is 5.56 Å². The molecule has 0 unspecified atom stereocenters. The van der Waals surface area contributed by atoms with Gasteiger partial charge in [0.2, 0.25) is 0 Å². The number of fused-ring (bicyclic) bond motifs is 1. The summed E-state index contributed by atoms with van der Waals surface area (Å²) in [7, 11) is 0. The first-order valence-corrected chi connectivity index (χ1v) is 6.46. The Balaban J connectivity index is 0.000000963. The fraction of sp³-hybridized carbons (Fsp3) is 0.182. The summed E-state index contributed by atoms with van der Waals surface area (Å²) in [6.45, 7) is 1.94. The van der Waals surface area contributed by atoms with Crippen molar-refractivity contribution in [2.24, 2.45) is 4.99 Å². The monoisotopic (exact) mass is 360 g/mol. The average molecular weight is 362 g/mol. The molecule has 0 spiro atoms. The van der Waals surface area contributed by atoms with Crippen molar-refractivity contribution >= 4 is 55.5 Å². The third-order valence-corrected chi connectivity index (χ3v) is 3.88. The first-order valence-electron chi connectivity index (χ1n) is 4.79. The van der Waals surface area contributed by atoms with Crippen LogP contribution in [0.15, 0.2) is 39.1 Å². The van der Waals surface area contributed by atoms with Crippen LogP contribution in [0, 0.1) is 0 Å². The van der Waals surface area contributed by atoms with Crippen LogP contribution in [0.3, 0.4) is 0 Å². The van der Waals surface area contributed by atoms with E-state index in [0.29, 0.717) is 0 Å². The van der Waals surface area contributed by atoms with Crippen LogP contribution in [0.25, 0.3) is 5.70 Å². The number of benzene rings is 1. The molecule has 0 fully saturated rings. The van der Waals surface area contributed by atoms with Gasteiger partial charge in [0, 0.05) is 16.4 Å². The van der Waals surface area contributed by atoms with Crippen molar-refractivity contribution in [2.45, 2.75) is 0 Å². The summed E-state index contributed by atoms with van der Waals surface area (Å²) in [5.74, 6) is 0. The molecule has 0 radical (unpaired) electrons. The highest BCUT2D eigenvalue weighted by Gasteiger charge is 2.26. The second-order valence-corrected chi connectivity index (χ2v) is 5.20. The van der Waals surface area contributed by atoms with Crippen LogP contribution in [-0.2, 0) is 0 Å². The summed E-state index contributed by atoms with van der Waals surface area (Å²) in [5.41, 5.74) is 2.53. The molecule has 0 saturated heterocycles. The Bertz CT molecular complexity index is 471. The molecule has 2 aliphatic heterocycles. The predicted molar refractivity (Wildman–Crippen MR) is 79.0 cm³/mol. The van der Waals surface area contributed by atoms with Gasteiger partial charge in [-0.25, -0.2) is 0 Å². The predicted octanol–water partition coefficient (Wildman–Crippen LogP) is 3.74. The molecule has 0 saturated carbocycles. The molecule has 84 valence electrons. The van der Waals surface area contributed by atoms with Gasteiger partial charge >= 0.3 is 0 Å². The number of hydrogen-bond acceptors (Lipinski definition) is 3. The fourth-order valence-corrected chi connectivity index (χ4v) is 3.16. The summed E-state index contributed by atoms with van der Waals surface area (Å²) in [4.78, 5) is 6.72. The zero-order valence-electron chi connectivity index (χ0n) is 8.39. The Labute approximate surface area is 118 Å². The summed E-state index contributed by atoms with van der Waals surface area (Å²) >= 11 is 5.22. The van der Waals surface area contributed by atoms with Crippen LogP contribution in [0.5, 0.6) is 0 Å². The van der Waals surface area contributed by atoms with Gasteiger partial charge in [-0.3, -0.25) is 4.99 Å². The van der Waals surface area contributed by atoms with E-state index in [9.17, 15) is 0 Å². The van der Waals surface area contributed by atoms with E-state index in [0.717, 1.165) is 22.7 Å². The van der Waals surface area contributed by atoms with Crippen molar-refractivity contribution in [3.63, 3.8) is 0 Å². The Morgan fingerprint density at radius 1 is 1.38 bits per heavy atom. The standard InChI is InChI=1S/C11H9BrN2S.BrH/c12-9-3-1-2-8(6-9)10-7-15-11-13-4-5-14(10)11;/h1-3,6-7H,4-5H2;1H. The molecular formula is C11H10Br2N2S. The maximum Gasteiger partial charge on any atom is 0.168 e. The van der Waals surface area contributed by atoms with Gasteiger partial charge < -0.3 is 4.90 Å². The van der Waals surface area contributed by atoms with Crippen LogP contribution in [0.4, 0.5) is 0 Å². The normalized spacial score (nSPS) is 17.7. The van der Waals surface area contributed by atoms with E-state index in [1.807, 2.05) is 6.07 Å². The van der Waals surface area contributed by atoms with Gasteiger partial charge in [0.1, 0.15) is 0 Å². The number of thioether (sulfide) groups is 1. The maximum absolute atomic E-state index is 4.44. The van der Waals surface area contributed by atoms with Crippen molar-refractivity contribution in [1.82, 2.24) is 4.90 Å². The second kappa shape index (κ2) is 4.94. The zero-order chi connectivity index (χ0) is 10.3. The lowest BCUT2D eigenvalue weighted by Crippen LogP contribution is -2.19. The molecular weight excluding hydrogens is 352 g/mol. The largest absolute Gasteiger partial charge is 0.318 e. The molecule has 5 heteroatoms. The highest BCUT2D eigenvalue weighted by molar-refractivity contribution is 9.10. The van der Waals surface area contributed by atoms with Gasteiger partial charge in [-0.2, -0.15) is 0 Å². The van der Waals surface area contributed by atoms with Crippen molar-refractivity contribution < 1.29 is 0 Å². The molecule has 1 aromatic carbocycles. The number of aliphatic imine (C=N–C) groups is 1.